The minimum Gasteiger partial charge on any atom is -0.481 e. The Morgan fingerprint density at radius 2 is 2.12 bits per heavy atom. The van der Waals surface area contributed by atoms with Crippen LogP contribution in [0, 0.1) is 12.3 Å². The van der Waals surface area contributed by atoms with Gasteiger partial charge in [0.05, 0.1) is 0 Å². The lowest BCUT2D eigenvalue weighted by Gasteiger charge is -2.07. The van der Waals surface area contributed by atoms with Gasteiger partial charge in [-0.25, -0.2) is 5.48 Å². The van der Waals surface area contributed by atoms with Gasteiger partial charge in [-0.3, -0.25) is 10.0 Å². The fourth-order valence-corrected chi connectivity index (χ4v) is 1.17. The number of benzene rings is 1. The zero-order chi connectivity index (χ0) is 12.5. The Kier molecular flexibility index (Phi) is 5.41. The predicted molar refractivity (Wildman–Crippen MR) is 63.8 cm³/mol. The summed E-state index contributed by atoms with van der Waals surface area (Å²) in [4.78, 5) is 10.7. The zero-order valence-electron chi connectivity index (χ0n) is 9.27. The Morgan fingerprint density at radius 1 is 1.41 bits per heavy atom. The van der Waals surface area contributed by atoms with Crippen LogP contribution < -0.4 is 15.5 Å². The molecule has 0 unspecified atom stereocenters. The van der Waals surface area contributed by atoms with Crippen LogP contribution in [-0.2, 0) is 4.79 Å². The number of hydrogen-bond acceptors (Lipinski definition) is 4. The topological polar surface area (TPSA) is 70.6 Å². The lowest BCUT2D eigenvalue weighted by atomic mass is 10.3. The quantitative estimate of drug-likeness (QED) is 0.390. The summed E-state index contributed by atoms with van der Waals surface area (Å²) >= 11 is 0. The van der Waals surface area contributed by atoms with Crippen molar-refractivity contribution in [3.05, 3.63) is 24.3 Å². The highest BCUT2D eigenvalue weighted by Gasteiger charge is 1.98. The molecule has 1 rings (SSSR count). The number of anilines is 1. The molecule has 90 valence electrons. The SMILES string of the molecule is C#CCOc1ccc(NCCC(=O)NO)cc1. The van der Waals surface area contributed by atoms with Crippen LogP contribution in [0.5, 0.6) is 5.75 Å². The molecular weight excluding hydrogens is 220 g/mol. The van der Waals surface area contributed by atoms with E-state index in [0.29, 0.717) is 12.3 Å². The van der Waals surface area contributed by atoms with E-state index in [-0.39, 0.29) is 13.0 Å². The number of amides is 1. The second-order valence-electron chi connectivity index (χ2n) is 3.23. The first-order valence-corrected chi connectivity index (χ1v) is 5.09. The van der Waals surface area contributed by atoms with Crippen LogP contribution in [0.4, 0.5) is 5.69 Å². The van der Waals surface area contributed by atoms with Crippen molar-refractivity contribution in [2.24, 2.45) is 0 Å². The molecule has 5 nitrogen and oxygen atoms in total. The van der Waals surface area contributed by atoms with Crippen LogP contribution in [0.2, 0.25) is 0 Å². The van der Waals surface area contributed by atoms with Crippen molar-refractivity contribution in [1.29, 1.82) is 0 Å². The van der Waals surface area contributed by atoms with Gasteiger partial charge >= 0.3 is 0 Å². The van der Waals surface area contributed by atoms with Gasteiger partial charge in [-0.05, 0) is 24.3 Å². The van der Waals surface area contributed by atoms with Gasteiger partial charge < -0.3 is 10.1 Å². The first-order chi connectivity index (χ1) is 8.26. The number of rotatable bonds is 6. The molecule has 5 heteroatoms. The van der Waals surface area contributed by atoms with Gasteiger partial charge in [0.1, 0.15) is 12.4 Å². The van der Waals surface area contributed by atoms with Gasteiger partial charge in [0.15, 0.2) is 0 Å². The van der Waals surface area contributed by atoms with E-state index in [2.05, 4.69) is 11.2 Å². The molecule has 1 aromatic carbocycles. The van der Waals surface area contributed by atoms with Crippen molar-refractivity contribution >= 4 is 11.6 Å². The van der Waals surface area contributed by atoms with Crippen molar-refractivity contribution in [2.75, 3.05) is 18.5 Å². The molecule has 0 aliphatic rings. The number of nitrogens with one attached hydrogen (secondary N) is 2. The summed E-state index contributed by atoms with van der Waals surface area (Å²) < 4.78 is 5.21. The van der Waals surface area contributed by atoms with E-state index < -0.39 is 5.91 Å². The van der Waals surface area contributed by atoms with Crippen LogP contribution in [0.1, 0.15) is 6.42 Å². The fourth-order valence-electron chi connectivity index (χ4n) is 1.17. The first kappa shape index (κ1) is 12.9. The second kappa shape index (κ2) is 7.14. The highest BCUT2D eigenvalue weighted by molar-refractivity contribution is 5.75. The molecule has 1 aromatic rings. The van der Waals surface area contributed by atoms with E-state index in [4.69, 9.17) is 16.4 Å². The van der Waals surface area contributed by atoms with Gasteiger partial charge in [0.25, 0.3) is 0 Å². The third kappa shape index (κ3) is 4.91. The fraction of sp³-hybridized carbons (Fsp3) is 0.250. The van der Waals surface area contributed by atoms with Crippen molar-refractivity contribution in [2.45, 2.75) is 6.42 Å². The van der Waals surface area contributed by atoms with Crippen molar-refractivity contribution in [1.82, 2.24) is 5.48 Å². The van der Waals surface area contributed by atoms with Crippen LogP contribution >= 0.6 is 0 Å². The average Bonchev–Trinajstić information content (AvgIpc) is 2.37. The molecule has 17 heavy (non-hydrogen) atoms. The number of carbonyl (C=O) groups excluding carboxylic acids is 1. The summed E-state index contributed by atoms with van der Waals surface area (Å²) in [6.45, 7) is 0.681. The normalized spacial score (nSPS) is 9.18. The van der Waals surface area contributed by atoms with Gasteiger partial charge in [-0.1, -0.05) is 5.92 Å². The molecule has 3 N–H and O–H groups in total. The van der Waals surface area contributed by atoms with Crippen LogP contribution in [0.15, 0.2) is 24.3 Å². The first-order valence-electron chi connectivity index (χ1n) is 5.09. The van der Waals surface area contributed by atoms with Crippen molar-refractivity contribution in [3.8, 4) is 18.1 Å². The molecule has 0 aliphatic heterocycles. The largest absolute Gasteiger partial charge is 0.481 e. The number of carbonyl (C=O) groups is 1. The molecular formula is C12H14N2O3. The second-order valence-corrected chi connectivity index (χ2v) is 3.23. The highest BCUT2D eigenvalue weighted by atomic mass is 16.5. The Hall–Kier alpha value is -2.19. The minimum atomic E-state index is -0.425. The third-order valence-corrected chi connectivity index (χ3v) is 1.98. The van der Waals surface area contributed by atoms with E-state index in [9.17, 15) is 4.79 Å². The summed E-state index contributed by atoms with van der Waals surface area (Å²) in [7, 11) is 0. The lowest BCUT2D eigenvalue weighted by molar-refractivity contribution is -0.128. The standard InChI is InChI=1S/C12H14N2O3/c1-2-9-17-11-5-3-10(4-6-11)13-8-7-12(15)14-16/h1,3-6,13,16H,7-9H2,(H,14,15). The van der Waals surface area contributed by atoms with E-state index in [1.165, 1.54) is 0 Å². The summed E-state index contributed by atoms with van der Waals surface area (Å²) in [6, 6.07) is 7.21. The molecule has 0 saturated heterocycles. The number of ether oxygens (including phenoxy) is 1. The van der Waals surface area contributed by atoms with Crippen LogP contribution in [0.25, 0.3) is 0 Å². The zero-order valence-corrected chi connectivity index (χ0v) is 9.27. The monoisotopic (exact) mass is 234 g/mol. The molecule has 0 fully saturated rings. The summed E-state index contributed by atoms with van der Waals surface area (Å²) in [6.07, 6.45) is 5.27. The lowest BCUT2D eigenvalue weighted by Crippen LogP contribution is -2.21. The van der Waals surface area contributed by atoms with Gasteiger partial charge in [0.2, 0.25) is 5.91 Å². The molecule has 0 spiro atoms. The molecule has 0 atom stereocenters. The highest BCUT2D eigenvalue weighted by Crippen LogP contribution is 2.15. The van der Waals surface area contributed by atoms with Crippen molar-refractivity contribution < 1.29 is 14.7 Å². The number of hydroxylamine groups is 1. The molecule has 0 heterocycles. The molecule has 0 aliphatic carbocycles. The maximum Gasteiger partial charge on any atom is 0.245 e. The predicted octanol–water partition coefficient (Wildman–Crippen LogP) is 1.01. The Morgan fingerprint density at radius 3 is 2.71 bits per heavy atom. The van der Waals surface area contributed by atoms with Crippen molar-refractivity contribution in [3.63, 3.8) is 0 Å². The van der Waals surface area contributed by atoms with Crippen LogP contribution in [0.3, 0.4) is 0 Å². The average molecular weight is 234 g/mol. The third-order valence-electron chi connectivity index (χ3n) is 1.98. The molecule has 0 bridgehead atoms. The smallest absolute Gasteiger partial charge is 0.245 e. The maximum atomic E-state index is 10.7. The van der Waals surface area contributed by atoms with Gasteiger partial charge in [-0.2, -0.15) is 0 Å². The Balaban J connectivity index is 2.35. The maximum absolute atomic E-state index is 10.7. The number of hydrogen-bond donors (Lipinski definition) is 3. The molecule has 0 radical (unpaired) electrons. The number of terminal acetylenes is 1. The van der Waals surface area contributed by atoms with Gasteiger partial charge in [0, 0.05) is 18.7 Å². The summed E-state index contributed by atoms with van der Waals surface area (Å²) in [5.41, 5.74) is 2.43. The molecule has 0 saturated carbocycles. The molecule has 0 aromatic heterocycles. The molecule has 1 amide bonds. The van der Waals surface area contributed by atoms with Crippen LogP contribution in [-0.4, -0.2) is 24.3 Å². The Labute approximate surface area is 99.7 Å². The van der Waals surface area contributed by atoms with E-state index in [0.717, 1.165) is 5.69 Å². The van der Waals surface area contributed by atoms with Gasteiger partial charge in [-0.15, -0.1) is 6.42 Å². The minimum absolute atomic E-state index is 0.200. The van der Waals surface area contributed by atoms with E-state index >= 15 is 0 Å². The summed E-state index contributed by atoms with van der Waals surface area (Å²) in [5, 5.41) is 11.3. The summed E-state index contributed by atoms with van der Waals surface area (Å²) in [5.74, 6) is 2.65. The van der Waals surface area contributed by atoms with E-state index in [1.54, 1.807) is 17.6 Å². The van der Waals surface area contributed by atoms with E-state index in [1.807, 2.05) is 12.1 Å². The Bertz CT molecular complexity index is 395.